The lowest BCUT2D eigenvalue weighted by Crippen LogP contribution is -2.49. The number of para-hydroxylation sites is 1. The van der Waals surface area contributed by atoms with E-state index in [1.807, 2.05) is 11.0 Å². The number of rotatable bonds is 5. The number of carboxylic acids is 1. The molecule has 1 saturated heterocycles. The van der Waals surface area contributed by atoms with Crippen molar-refractivity contribution in [3.05, 3.63) is 59.7 Å². The highest BCUT2D eigenvalue weighted by molar-refractivity contribution is 6.04. The molecule has 2 aromatic rings. The van der Waals surface area contributed by atoms with Crippen molar-refractivity contribution in [2.45, 2.75) is 32.6 Å². The van der Waals surface area contributed by atoms with Crippen molar-refractivity contribution in [2.24, 2.45) is 11.8 Å². The Labute approximate surface area is 194 Å². The standard InChI is InChI=1S/C26H31N3O4/c1-18-7-6-8-19(17-18)28-13-15-29(16-14-28)25(31)22-11-4-5-12-23(22)27-24(30)20-9-2-3-10-21(20)26(32)33/h4-8,11-12,17,20-21H,2-3,9-10,13-16H2,1H3,(H,27,30)(H,32,33)/p-1/t20-,21-/m0/s1. The largest absolute Gasteiger partial charge is 0.550 e. The smallest absolute Gasteiger partial charge is 0.256 e. The Morgan fingerprint density at radius 3 is 2.30 bits per heavy atom. The lowest BCUT2D eigenvalue weighted by Gasteiger charge is -2.36. The van der Waals surface area contributed by atoms with Gasteiger partial charge in [-0.2, -0.15) is 0 Å². The van der Waals surface area contributed by atoms with Gasteiger partial charge >= 0.3 is 0 Å². The monoisotopic (exact) mass is 448 g/mol. The van der Waals surface area contributed by atoms with Crippen LogP contribution in [0.5, 0.6) is 0 Å². The first kappa shape index (κ1) is 22.8. The van der Waals surface area contributed by atoms with E-state index in [1.165, 1.54) is 5.56 Å². The number of hydrogen-bond donors (Lipinski definition) is 1. The quantitative estimate of drug-likeness (QED) is 0.759. The highest BCUT2D eigenvalue weighted by atomic mass is 16.4. The predicted molar refractivity (Wildman–Crippen MR) is 125 cm³/mol. The van der Waals surface area contributed by atoms with Crippen LogP contribution in [0.1, 0.15) is 41.6 Å². The molecule has 0 bridgehead atoms. The van der Waals surface area contributed by atoms with Gasteiger partial charge in [-0.1, -0.05) is 37.1 Å². The molecule has 1 aliphatic heterocycles. The molecule has 4 rings (SSSR count). The maximum Gasteiger partial charge on any atom is 0.256 e. The zero-order valence-electron chi connectivity index (χ0n) is 19.0. The Morgan fingerprint density at radius 2 is 1.61 bits per heavy atom. The molecule has 2 fully saturated rings. The molecule has 1 aliphatic carbocycles. The first-order valence-electron chi connectivity index (χ1n) is 11.7. The summed E-state index contributed by atoms with van der Waals surface area (Å²) in [5, 5.41) is 14.3. The zero-order chi connectivity index (χ0) is 23.4. The number of carboxylic acid groups (broad SMARTS) is 1. The number of aryl methyl sites for hydroxylation is 1. The Morgan fingerprint density at radius 1 is 0.909 bits per heavy atom. The first-order valence-corrected chi connectivity index (χ1v) is 11.7. The number of hydrogen-bond acceptors (Lipinski definition) is 5. The van der Waals surface area contributed by atoms with E-state index in [2.05, 4.69) is 35.3 Å². The maximum absolute atomic E-state index is 13.3. The van der Waals surface area contributed by atoms with Gasteiger partial charge in [0, 0.05) is 49.7 Å². The van der Waals surface area contributed by atoms with Gasteiger partial charge in [0.1, 0.15) is 0 Å². The second kappa shape index (κ2) is 10.1. The van der Waals surface area contributed by atoms with Gasteiger partial charge in [0.15, 0.2) is 0 Å². The molecule has 0 radical (unpaired) electrons. The van der Waals surface area contributed by atoms with Crippen LogP contribution in [0.25, 0.3) is 0 Å². The van der Waals surface area contributed by atoms with Crippen molar-refractivity contribution in [3.63, 3.8) is 0 Å². The highest BCUT2D eigenvalue weighted by Crippen LogP contribution is 2.31. The van der Waals surface area contributed by atoms with Crippen LogP contribution in [-0.4, -0.2) is 48.9 Å². The number of anilines is 2. The summed E-state index contributed by atoms with van der Waals surface area (Å²) in [6, 6.07) is 15.3. The first-order chi connectivity index (χ1) is 15.9. The van der Waals surface area contributed by atoms with E-state index in [0.29, 0.717) is 37.2 Å². The average Bonchev–Trinajstić information content (AvgIpc) is 2.84. The number of piperazine rings is 1. The summed E-state index contributed by atoms with van der Waals surface area (Å²) in [4.78, 5) is 41.8. The summed E-state index contributed by atoms with van der Waals surface area (Å²) in [5.74, 6) is -3.07. The Bertz CT molecular complexity index is 1030. The molecule has 0 spiro atoms. The average molecular weight is 449 g/mol. The lowest BCUT2D eigenvalue weighted by atomic mass is 9.78. The van der Waals surface area contributed by atoms with Gasteiger partial charge in [-0.25, -0.2) is 0 Å². The minimum atomic E-state index is -1.18. The van der Waals surface area contributed by atoms with Crippen LogP contribution in [0.2, 0.25) is 0 Å². The molecule has 2 amide bonds. The molecule has 2 atom stereocenters. The van der Waals surface area contributed by atoms with Gasteiger partial charge in [0.05, 0.1) is 11.3 Å². The van der Waals surface area contributed by atoms with Crippen LogP contribution >= 0.6 is 0 Å². The van der Waals surface area contributed by atoms with Crippen molar-refractivity contribution in [1.29, 1.82) is 0 Å². The Hall–Kier alpha value is -3.35. The number of nitrogens with zero attached hydrogens (tertiary/aromatic N) is 2. The van der Waals surface area contributed by atoms with Crippen molar-refractivity contribution in [3.8, 4) is 0 Å². The van der Waals surface area contributed by atoms with Crippen LogP contribution in [0, 0.1) is 18.8 Å². The fourth-order valence-electron chi connectivity index (χ4n) is 4.89. The third-order valence-electron chi connectivity index (χ3n) is 6.75. The molecule has 33 heavy (non-hydrogen) atoms. The van der Waals surface area contributed by atoms with Crippen molar-refractivity contribution < 1.29 is 19.5 Å². The molecule has 2 aromatic carbocycles. The summed E-state index contributed by atoms with van der Waals surface area (Å²) >= 11 is 0. The molecule has 174 valence electrons. The van der Waals surface area contributed by atoms with Gasteiger partial charge in [-0.3, -0.25) is 9.59 Å². The van der Waals surface area contributed by atoms with Gasteiger partial charge in [0.25, 0.3) is 5.91 Å². The molecular formula is C26H30N3O4-. The summed E-state index contributed by atoms with van der Waals surface area (Å²) in [7, 11) is 0. The Balaban J connectivity index is 1.43. The third-order valence-corrected chi connectivity index (χ3v) is 6.75. The molecule has 0 aromatic heterocycles. The number of amides is 2. The highest BCUT2D eigenvalue weighted by Gasteiger charge is 2.32. The topological polar surface area (TPSA) is 92.8 Å². The van der Waals surface area contributed by atoms with E-state index < -0.39 is 17.8 Å². The molecule has 7 nitrogen and oxygen atoms in total. The van der Waals surface area contributed by atoms with Crippen molar-refractivity contribution in [2.75, 3.05) is 36.4 Å². The number of carbonyl (C=O) groups is 3. The van der Waals surface area contributed by atoms with E-state index in [1.54, 1.807) is 24.3 Å². The predicted octanol–water partition coefficient (Wildman–Crippen LogP) is 2.45. The second-order valence-electron chi connectivity index (χ2n) is 8.97. The van der Waals surface area contributed by atoms with Gasteiger partial charge in [-0.05, 0) is 49.6 Å². The molecular weight excluding hydrogens is 418 g/mol. The number of benzene rings is 2. The maximum atomic E-state index is 13.3. The van der Waals surface area contributed by atoms with Crippen LogP contribution in [0.4, 0.5) is 11.4 Å². The van der Waals surface area contributed by atoms with Crippen LogP contribution in [-0.2, 0) is 9.59 Å². The fourth-order valence-corrected chi connectivity index (χ4v) is 4.89. The number of nitrogens with one attached hydrogen (secondary N) is 1. The second-order valence-corrected chi connectivity index (χ2v) is 8.97. The van der Waals surface area contributed by atoms with Gasteiger partial charge < -0.3 is 25.0 Å². The van der Waals surface area contributed by atoms with Crippen LogP contribution < -0.4 is 15.3 Å². The van der Waals surface area contributed by atoms with Crippen LogP contribution in [0.15, 0.2) is 48.5 Å². The minimum Gasteiger partial charge on any atom is -0.550 e. The summed E-state index contributed by atoms with van der Waals surface area (Å²) < 4.78 is 0. The molecule has 1 saturated carbocycles. The summed E-state index contributed by atoms with van der Waals surface area (Å²) in [6.07, 6.45) is 2.56. The summed E-state index contributed by atoms with van der Waals surface area (Å²) in [5.41, 5.74) is 3.21. The molecule has 7 heteroatoms. The molecule has 0 unspecified atom stereocenters. The lowest BCUT2D eigenvalue weighted by molar-refractivity contribution is -0.313. The Kier molecular flexibility index (Phi) is 6.96. The zero-order valence-corrected chi connectivity index (χ0v) is 19.0. The van der Waals surface area contributed by atoms with Crippen molar-refractivity contribution in [1.82, 2.24) is 4.90 Å². The molecule has 2 aliphatic rings. The van der Waals surface area contributed by atoms with Crippen molar-refractivity contribution >= 4 is 29.2 Å². The molecule has 1 N–H and O–H groups in total. The third kappa shape index (κ3) is 5.18. The van der Waals surface area contributed by atoms with E-state index in [-0.39, 0.29) is 11.8 Å². The summed E-state index contributed by atoms with van der Waals surface area (Å²) in [6.45, 7) is 4.71. The van der Waals surface area contributed by atoms with E-state index in [4.69, 9.17) is 0 Å². The molecule has 1 heterocycles. The normalized spacial score (nSPS) is 20.9. The van der Waals surface area contributed by atoms with Crippen LogP contribution in [0.3, 0.4) is 0 Å². The van der Waals surface area contributed by atoms with E-state index in [0.717, 1.165) is 31.6 Å². The SMILES string of the molecule is Cc1cccc(N2CCN(C(=O)c3ccccc3NC(=O)[C@H]3CCCC[C@@H]3C(=O)[O-])CC2)c1. The van der Waals surface area contributed by atoms with E-state index in [9.17, 15) is 19.5 Å². The minimum absolute atomic E-state index is 0.130. The van der Waals surface area contributed by atoms with Gasteiger partial charge in [-0.15, -0.1) is 0 Å². The van der Waals surface area contributed by atoms with Gasteiger partial charge in [0.2, 0.25) is 5.91 Å². The number of carbonyl (C=O) groups excluding carboxylic acids is 3. The fraction of sp³-hybridized carbons (Fsp3) is 0.423. The number of aliphatic carboxylic acids is 1. The van der Waals surface area contributed by atoms with E-state index >= 15 is 0 Å².